The smallest absolute Gasteiger partial charge is 0.338 e. The van der Waals surface area contributed by atoms with Crippen molar-refractivity contribution in [2.24, 2.45) is 11.8 Å². The van der Waals surface area contributed by atoms with E-state index in [2.05, 4.69) is 36.8 Å². The van der Waals surface area contributed by atoms with E-state index in [1.165, 1.54) is 12.4 Å². The monoisotopic (exact) mass is 522 g/mol. The molecule has 202 valence electrons. The second-order valence-electron chi connectivity index (χ2n) is 10.9. The lowest BCUT2D eigenvalue weighted by Crippen LogP contribution is -2.39. The molecule has 0 saturated carbocycles. The van der Waals surface area contributed by atoms with Gasteiger partial charge < -0.3 is 24.6 Å². The number of fused-ring (bicyclic) bond motifs is 1. The number of ether oxygens (including phenoxy) is 1. The second-order valence-corrected chi connectivity index (χ2v) is 10.9. The van der Waals surface area contributed by atoms with Crippen molar-refractivity contribution in [2.75, 3.05) is 50.8 Å². The molecule has 38 heavy (non-hydrogen) atoms. The highest BCUT2D eigenvalue weighted by molar-refractivity contribution is 5.86. The van der Waals surface area contributed by atoms with Gasteiger partial charge in [0, 0.05) is 64.2 Å². The Kier molecular flexibility index (Phi) is 6.83. The number of nitrogens with one attached hydrogen (secondary N) is 1. The van der Waals surface area contributed by atoms with Crippen LogP contribution in [0.2, 0.25) is 0 Å². The Hall–Kier alpha value is -3.38. The number of piperidine rings is 1. The molecule has 3 aliphatic heterocycles. The Morgan fingerprint density at radius 3 is 2.55 bits per heavy atom. The first kappa shape index (κ1) is 24.9. The van der Waals surface area contributed by atoms with Gasteiger partial charge in [0.15, 0.2) is 5.65 Å². The zero-order valence-electron chi connectivity index (χ0n) is 21.6. The van der Waals surface area contributed by atoms with Crippen LogP contribution in [-0.4, -0.2) is 91.6 Å². The number of hydrogen-bond acceptors (Lipinski definition) is 9. The zero-order chi connectivity index (χ0) is 26.2. The van der Waals surface area contributed by atoms with E-state index < -0.39 is 5.97 Å². The highest BCUT2D eigenvalue weighted by Crippen LogP contribution is 2.33. The molecule has 12 nitrogen and oxygen atoms in total. The molecule has 0 bridgehead atoms. The summed E-state index contributed by atoms with van der Waals surface area (Å²) in [6.07, 6.45) is 8.21. The van der Waals surface area contributed by atoms with Crippen LogP contribution < -0.4 is 10.5 Å². The molecule has 12 heteroatoms. The molecule has 3 saturated heterocycles. The molecule has 6 rings (SSSR count). The van der Waals surface area contributed by atoms with E-state index >= 15 is 0 Å². The van der Waals surface area contributed by atoms with Crippen molar-refractivity contribution in [2.45, 2.75) is 44.6 Å². The molecule has 3 aromatic rings. The maximum atomic E-state index is 12.9. The van der Waals surface area contributed by atoms with Crippen molar-refractivity contribution in [1.29, 1.82) is 0 Å². The maximum absolute atomic E-state index is 12.9. The van der Waals surface area contributed by atoms with Crippen LogP contribution in [0.15, 0.2) is 23.4 Å². The maximum Gasteiger partial charge on any atom is 0.338 e. The number of aromatic carboxylic acids is 1. The van der Waals surface area contributed by atoms with Gasteiger partial charge in [0.05, 0.1) is 17.8 Å². The minimum absolute atomic E-state index is 0.101. The lowest BCUT2D eigenvalue weighted by molar-refractivity contribution is 0.0672. The van der Waals surface area contributed by atoms with Gasteiger partial charge in [-0.25, -0.2) is 24.4 Å². The molecule has 0 radical (unpaired) electrons. The van der Waals surface area contributed by atoms with Crippen molar-refractivity contribution < 1.29 is 14.6 Å². The predicted molar refractivity (Wildman–Crippen MR) is 140 cm³/mol. The van der Waals surface area contributed by atoms with Crippen LogP contribution in [0, 0.1) is 11.8 Å². The third-order valence-corrected chi connectivity index (χ3v) is 8.36. The van der Waals surface area contributed by atoms with Gasteiger partial charge in [-0.15, -0.1) is 0 Å². The molecule has 0 aromatic carbocycles. The van der Waals surface area contributed by atoms with Gasteiger partial charge in [-0.1, -0.05) is 6.92 Å². The number of aromatic amines is 1. The van der Waals surface area contributed by atoms with Crippen LogP contribution in [-0.2, 0) is 4.74 Å². The fourth-order valence-electron chi connectivity index (χ4n) is 6.17. The van der Waals surface area contributed by atoms with E-state index in [1.807, 2.05) is 4.68 Å². The molecule has 2 unspecified atom stereocenters. The molecule has 3 fully saturated rings. The standard InChI is InChI=1S/C26H34N8O4/c1-16-13-32(14-17-2-6-33(7-3-17)26-27-10-18(11-28-26)25(36)37)15-21(16)22-30-23-20(24(35)31-22)12-29-34(23)19-4-8-38-9-5-19/h10-12,16-17,19,21H,2-9,13-15H2,1H3,(H,36,37)(H,30,31,35). The quantitative estimate of drug-likeness (QED) is 0.493. The molecule has 2 N–H and O–H groups in total. The third-order valence-electron chi connectivity index (χ3n) is 8.36. The van der Waals surface area contributed by atoms with Gasteiger partial charge in [0.25, 0.3) is 5.56 Å². The number of anilines is 1. The van der Waals surface area contributed by atoms with Crippen LogP contribution >= 0.6 is 0 Å². The Labute approximate surface area is 220 Å². The number of H-pyrrole nitrogens is 1. The molecular formula is C26H34N8O4. The van der Waals surface area contributed by atoms with Crippen molar-refractivity contribution >= 4 is 23.0 Å². The second kappa shape index (κ2) is 10.4. The number of carbonyl (C=O) groups is 1. The van der Waals surface area contributed by atoms with E-state index in [-0.39, 0.29) is 23.1 Å². The van der Waals surface area contributed by atoms with E-state index in [4.69, 9.17) is 14.8 Å². The zero-order valence-corrected chi connectivity index (χ0v) is 21.6. The summed E-state index contributed by atoms with van der Waals surface area (Å²) in [7, 11) is 0. The number of likely N-dealkylation sites (tertiary alicyclic amines) is 1. The average molecular weight is 523 g/mol. The fraction of sp³-hybridized carbons (Fsp3) is 0.615. The summed E-state index contributed by atoms with van der Waals surface area (Å²) in [6.45, 7) is 8.23. The van der Waals surface area contributed by atoms with E-state index in [0.717, 1.165) is 64.2 Å². The largest absolute Gasteiger partial charge is 0.478 e. The fourth-order valence-corrected chi connectivity index (χ4v) is 6.17. The minimum atomic E-state index is -1.02. The summed E-state index contributed by atoms with van der Waals surface area (Å²) in [5, 5.41) is 14.1. The number of nitrogens with zero attached hydrogens (tertiary/aromatic N) is 7. The molecule has 2 atom stereocenters. The number of carboxylic acids is 1. The first-order valence-electron chi connectivity index (χ1n) is 13.5. The first-order valence-corrected chi connectivity index (χ1v) is 13.5. The van der Waals surface area contributed by atoms with Crippen LogP contribution in [0.25, 0.3) is 11.0 Å². The lowest BCUT2D eigenvalue weighted by atomic mass is 9.96. The summed E-state index contributed by atoms with van der Waals surface area (Å²) in [6, 6.07) is 0.215. The van der Waals surface area contributed by atoms with Crippen molar-refractivity contribution in [3.05, 3.63) is 40.3 Å². The third kappa shape index (κ3) is 4.90. The van der Waals surface area contributed by atoms with Gasteiger partial charge in [-0.05, 0) is 37.5 Å². The highest BCUT2D eigenvalue weighted by Gasteiger charge is 2.35. The lowest BCUT2D eigenvalue weighted by Gasteiger charge is -2.33. The number of rotatable bonds is 6. The summed E-state index contributed by atoms with van der Waals surface area (Å²) >= 11 is 0. The summed E-state index contributed by atoms with van der Waals surface area (Å²) in [5.74, 6) is 1.47. The van der Waals surface area contributed by atoms with E-state index in [1.54, 1.807) is 6.20 Å². The Bertz CT molecular complexity index is 1340. The Morgan fingerprint density at radius 2 is 1.84 bits per heavy atom. The predicted octanol–water partition coefficient (Wildman–Crippen LogP) is 1.91. The van der Waals surface area contributed by atoms with Crippen LogP contribution in [0.4, 0.5) is 5.95 Å². The SMILES string of the molecule is CC1CN(CC2CCN(c3ncc(C(=O)O)cn3)CC2)CC1c1nc2c(cnn2C2CCOCC2)c(=O)[nH]1. The highest BCUT2D eigenvalue weighted by atomic mass is 16.5. The van der Waals surface area contributed by atoms with Gasteiger partial charge >= 0.3 is 5.97 Å². The van der Waals surface area contributed by atoms with Gasteiger partial charge in [-0.3, -0.25) is 4.79 Å². The van der Waals surface area contributed by atoms with Crippen LogP contribution in [0.3, 0.4) is 0 Å². The van der Waals surface area contributed by atoms with Gasteiger partial charge in [0.1, 0.15) is 11.2 Å². The summed E-state index contributed by atoms with van der Waals surface area (Å²) in [5.41, 5.74) is 0.677. The molecule has 0 spiro atoms. The van der Waals surface area contributed by atoms with E-state index in [0.29, 0.717) is 42.0 Å². The number of aromatic nitrogens is 6. The molecule has 0 aliphatic carbocycles. The molecule has 3 aliphatic rings. The molecule has 0 amide bonds. The van der Waals surface area contributed by atoms with Crippen molar-refractivity contribution in [3.8, 4) is 0 Å². The minimum Gasteiger partial charge on any atom is -0.478 e. The van der Waals surface area contributed by atoms with Crippen LogP contribution in [0.1, 0.15) is 60.7 Å². The molecular weight excluding hydrogens is 488 g/mol. The molecule has 6 heterocycles. The summed E-state index contributed by atoms with van der Waals surface area (Å²) in [4.78, 5) is 45.1. The van der Waals surface area contributed by atoms with Crippen molar-refractivity contribution in [1.82, 2.24) is 34.6 Å². The topological polar surface area (TPSA) is 142 Å². The molecule has 3 aromatic heterocycles. The van der Waals surface area contributed by atoms with E-state index in [9.17, 15) is 9.59 Å². The van der Waals surface area contributed by atoms with Gasteiger partial charge in [0.2, 0.25) is 5.95 Å². The number of carboxylic acid groups (broad SMARTS) is 1. The van der Waals surface area contributed by atoms with Gasteiger partial charge in [-0.2, -0.15) is 5.10 Å². The normalized spacial score (nSPS) is 23.9. The van der Waals surface area contributed by atoms with Crippen molar-refractivity contribution in [3.63, 3.8) is 0 Å². The Morgan fingerprint density at radius 1 is 1.11 bits per heavy atom. The van der Waals surface area contributed by atoms with Crippen LogP contribution in [0.5, 0.6) is 0 Å². The number of hydrogen-bond donors (Lipinski definition) is 2. The Balaban J connectivity index is 1.09. The average Bonchev–Trinajstić information content (AvgIpc) is 3.53. The summed E-state index contributed by atoms with van der Waals surface area (Å²) < 4.78 is 7.44. The first-order chi connectivity index (χ1) is 18.5.